The normalized spacial score (nSPS) is 15.5. The Balaban J connectivity index is 1.67. The zero-order valence-corrected chi connectivity index (χ0v) is 11.5. The number of amides is 1. The molecule has 1 aliphatic heterocycles. The molecule has 0 radical (unpaired) electrons. The fourth-order valence-electron chi connectivity index (χ4n) is 2.06. The molecule has 1 aromatic heterocycles. The predicted octanol–water partition coefficient (Wildman–Crippen LogP) is 1.65. The molecular weight excluding hydrogens is 274 g/mol. The van der Waals surface area contributed by atoms with Crippen LogP contribution >= 0.6 is 0 Å². The van der Waals surface area contributed by atoms with Crippen LogP contribution in [0, 0.1) is 0 Å². The number of fused-ring (bicyclic) bond motifs is 1. The molecule has 110 valence electrons. The summed E-state index contributed by atoms with van der Waals surface area (Å²) in [6.45, 7) is 1.77. The molecule has 0 fully saturated rings. The van der Waals surface area contributed by atoms with Crippen molar-refractivity contribution in [3.8, 4) is 11.5 Å². The van der Waals surface area contributed by atoms with E-state index in [1.54, 1.807) is 37.3 Å². The lowest BCUT2D eigenvalue weighted by atomic mass is 10.0. The summed E-state index contributed by atoms with van der Waals surface area (Å²) in [4.78, 5) is 12.1. The van der Waals surface area contributed by atoms with E-state index < -0.39 is 5.60 Å². The first-order chi connectivity index (χ1) is 10.1. The second-order valence-electron chi connectivity index (χ2n) is 5.00. The highest BCUT2D eigenvalue weighted by Crippen LogP contribution is 2.32. The largest absolute Gasteiger partial charge is 0.466 e. The summed E-state index contributed by atoms with van der Waals surface area (Å²) in [7, 11) is 0. The Morgan fingerprint density at radius 2 is 2.14 bits per heavy atom. The quantitative estimate of drug-likeness (QED) is 0.894. The molecule has 6 heteroatoms. The highest BCUT2D eigenvalue weighted by Gasteiger charge is 2.27. The van der Waals surface area contributed by atoms with Gasteiger partial charge in [0, 0.05) is 5.56 Å². The van der Waals surface area contributed by atoms with Gasteiger partial charge in [-0.25, -0.2) is 0 Å². The number of rotatable bonds is 4. The van der Waals surface area contributed by atoms with Gasteiger partial charge in [0.1, 0.15) is 11.4 Å². The van der Waals surface area contributed by atoms with Gasteiger partial charge in [-0.3, -0.25) is 4.79 Å². The van der Waals surface area contributed by atoms with Crippen LogP contribution in [0.2, 0.25) is 0 Å². The van der Waals surface area contributed by atoms with Gasteiger partial charge in [-0.15, -0.1) is 0 Å². The highest BCUT2D eigenvalue weighted by atomic mass is 16.7. The van der Waals surface area contributed by atoms with Crippen LogP contribution < -0.4 is 14.8 Å². The lowest BCUT2D eigenvalue weighted by molar-refractivity contribution is 0.0330. The summed E-state index contributed by atoms with van der Waals surface area (Å²) in [5.41, 5.74) is -0.829. The molecule has 1 aromatic carbocycles. The second kappa shape index (κ2) is 5.14. The van der Waals surface area contributed by atoms with Crippen LogP contribution in [0.25, 0.3) is 0 Å². The molecule has 1 aliphatic rings. The Kier molecular flexibility index (Phi) is 3.31. The van der Waals surface area contributed by atoms with Crippen molar-refractivity contribution in [2.75, 3.05) is 13.3 Å². The number of carbonyl (C=O) groups is 1. The second-order valence-corrected chi connectivity index (χ2v) is 5.00. The first kappa shape index (κ1) is 13.5. The molecule has 2 heterocycles. The first-order valence-corrected chi connectivity index (χ1v) is 6.50. The zero-order valence-electron chi connectivity index (χ0n) is 11.5. The van der Waals surface area contributed by atoms with Crippen LogP contribution in [0.5, 0.6) is 11.5 Å². The Bertz CT molecular complexity index is 648. The Morgan fingerprint density at radius 1 is 1.33 bits per heavy atom. The number of carbonyl (C=O) groups excluding carboxylic acids is 1. The van der Waals surface area contributed by atoms with Crippen molar-refractivity contribution in [2.45, 2.75) is 12.5 Å². The van der Waals surface area contributed by atoms with Crippen molar-refractivity contribution >= 4 is 5.91 Å². The fraction of sp³-hybridized carbons (Fsp3) is 0.267. The number of benzene rings is 1. The van der Waals surface area contributed by atoms with E-state index in [9.17, 15) is 9.90 Å². The Morgan fingerprint density at radius 3 is 2.90 bits per heavy atom. The highest BCUT2D eigenvalue weighted by molar-refractivity contribution is 5.95. The molecule has 2 N–H and O–H groups in total. The smallest absolute Gasteiger partial charge is 0.251 e. The Labute approximate surface area is 121 Å². The third-order valence-electron chi connectivity index (χ3n) is 3.28. The lowest BCUT2D eigenvalue weighted by Crippen LogP contribution is -2.38. The molecule has 2 aromatic rings. The van der Waals surface area contributed by atoms with E-state index in [-0.39, 0.29) is 19.2 Å². The number of hydrogen-bond acceptors (Lipinski definition) is 5. The van der Waals surface area contributed by atoms with Crippen molar-refractivity contribution in [1.29, 1.82) is 0 Å². The lowest BCUT2D eigenvalue weighted by Gasteiger charge is -2.21. The number of aliphatic hydroxyl groups is 1. The van der Waals surface area contributed by atoms with Crippen LogP contribution in [-0.2, 0) is 5.60 Å². The number of ether oxygens (including phenoxy) is 2. The third kappa shape index (κ3) is 2.71. The minimum absolute atomic E-state index is 0.0355. The van der Waals surface area contributed by atoms with Crippen molar-refractivity contribution in [3.05, 3.63) is 47.9 Å². The summed E-state index contributed by atoms with van der Waals surface area (Å²) in [5, 5.41) is 12.9. The van der Waals surface area contributed by atoms with Gasteiger partial charge in [-0.05, 0) is 37.3 Å². The molecule has 0 saturated heterocycles. The van der Waals surface area contributed by atoms with Gasteiger partial charge in [0.15, 0.2) is 11.5 Å². The summed E-state index contributed by atoms with van der Waals surface area (Å²) >= 11 is 0. The van der Waals surface area contributed by atoms with E-state index in [0.717, 1.165) is 0 Å². The average molecular weight is 289 g/mol. The van der Waals surface area contributed by atoms with E-state index in [1.165, 1.54) is 6.26 Å². The molecule has 0 spiro atoms. The van der Waals surface area contributed by atoms with Gasteiger partial charge in [-0.2, -0.15) is 0 Å². The summed E-state index contributed by atoms with van der Waals surface area (Å²) in [5.74, 6) is 1.25. The van der Waals surface area contributed by atoms with Crippen LogP contribution in [-0.4, -0.2) is 24.4 Å². The van der Waals surface area contributed by atoms with Crippen LogP contribution in [0.4, 0.5) is 0 Å². The predicted molar refractivity (Wildman–Crippen MR) is 73.2 cm³/mol. The average Bonchev–Trinajstić information content (AvgIpc) is 3.14. The summed E-state index contributed by atoms with van der Waals surface area (Å²) < 4.78 is 15.6. The molecule has 0 aliphatic carbocycles. The maximum atomic E-state index is 12.1. The third-order valence-corrected chi connectivity index (χ3v) is 3.28. The topological polar surface area (TPSA) is 80.9 Å². The standard InChI is InChI=1S/C15H15NO5/c1-15(18,13-3-2-6-19-13)8-16-14(17)10-4-5-11-12(7-10)21-9-20-11/h2-7,18H,8-9H2,1H3,(H,16,17)/t15-/m0/s1. The van der Waals surface area contributed by atoms with Crippen molar-refractivity contribution in [1.82, 2.24) is 5.32 Å². The maximum Gasteiger partial charge on any atom is 0.251 e. The van der Waals surface area contributed by atoms with Gasteiger partial charge >= 0.3 is 0 Å². The van der Waals surface area contributed by atoms with E-state index in [1.807, 2.05) is 0 Å². The fourth-order valence-corrected chi connectivity index (χ4v) is 2.06. The molecular formula is C15H15NO5. The van der Waals surface area contributed by atoms with Crippen molar-refractivity contribution < 1.29 is 23.8 Å². The molecule has 1 atom stereocenters. The minimum Gasteiger partial charge on any atom is -0.466 e. The number of nitrogens with one attached hydrogen (secondary N) is 1. The first-order valence-electron chi connectivity index (χ1n) is 6.50. The van der Waals surface area contributed by atoms with Crippen LogP contribution in [0.15, 0.2) is 41.0 Å². The molecule has 0 saturated carbocycles. The monoisotopic (exact) mass is 289 g/mol. The van der Waals surface area contributed by atoms with E-state index in [0.29, 0.717) is 22.8 Å². The molecule has 3 rings (SSSR count). The molecule has 0 bridgehead atoms. The van der Waals surface area contributed by atoms with Crippen molar-refractivity contribution in [2.24, 2.45) is 0 Å². The van der Waals surface area contributed by atoms with Gasteiger partial charge in [0.2, 0.25) is 6.79 Å². The summed E-state index contributed by atoms with van der Waals surface area (Å²) in [6.07, 6.45) is 1.48. The molecule has 21 heavy (non-hydrogen) atoms. The van der Waals surface area contributed by atoms with E-state index in [2.05, 4.69) is 5.32 Å². The van der Waals surface area contributed by atoms with Crippen molar-refractivity contribution in [3.63, 3.8) is 0 Å². The maximum absolute atomic E-state index is 12.1. The minimum atomic E-state index is -1.27. The van der Waals surface area contributed by atoms with Gasteiger partial charge < -0.3 is 24.3 Å². The zero-order chi connectivity index (χ0) is 14.9. The number of hydrogen-bond donors (Lipinski definition) is 2. The Hall–Kier alpha value is -2.47. The molecule has 6 nitrogen and oxygen atoms in total. The van der Waals surface area contributed by atoms with Gasteiger partial charge in [-0.1, -0.05) is 0 Å². The van der Waals surface area contributed by atoms with E-state index >= 15 is 0 Å². The number of furan rings is 1. The van der Waals surface area contributed by atoms with Crippen LogP contribution in [0.3, 0.4) is 0 Å². The molecule has 1 amide bonds. The van der Waals surface area contributed by atoms with Gasteiger partial charge in [0.25, 0.3) is 5.91 Å². The van der Waals surface area contributed by atoms with Crippen LogP contribution in [0.1, 0.15) is 23.0 Å². The van der Waals surface area contributed by atoms with Gasteiger partial charge in [0.05, 0.1) is 12.8 Å². The summed E-state index contributed by atoms with van der Waals surface area (Å²) in [6, 6.07) is 8.28. The van der Waals surface area contributed by atoms with E-state index in [4.69, 9.17) is 13.9 Å². The molecule has 0 unspecified atom stereocenters. The SMILES string of the molecule is C[C@](O)(CNC(=O)c1ccc2c(c1)OCO2)c1ccco1.